The van der Waals surface area contributed by atoms with Crippen LogP contribution in [-0.4, -0.2) is 54.9 Å². The minimum atomic E-state index is -3.79. The predicted molar refractivity (Wildman–Crippen MR) is 140 cm³/mol. The number of thiazole rings is 1. The molecule has 1 N–H and O–H groups in total. The molecule has 1 fully saturated rings. The number of para-hydroxylation sites is 1. The Bertz CT molecular complexity index is 1380. The Morgan fingerprint density at radius 3 is 2.59 bits per heavy atom. The first-order valence-corrected chi connectivity index (χ1v) is 14.2. The lowest BCUT2D eigenvalue weighted by Gasteiger charge is -2.34. The molecule has 11 heteroatoms. The van der Waals surface area contributed by atoms with Gasteiger partial charge in [0.05, 0.1) is 34.8 Å². The number of aryl methyl sites for hydroxylation is 1. The molecule has 2 aromatic carbocycles. The first kappa shape index (κ1) is 26.9. The summed E-state index contributed by atoms with van der Waals surface area (Å²) in [6.07, 6.45) is -0.336. The second-order valence-electron chi connectivity index (χ2n) is 8.96. The zero-order valence-corrected chi connectivity index (χ0v) is 22.5. The molecule has 1 aliphatic rings. The number of ether oxygens (including phenoxy) is 2. The van der Waals surface area contributed by atoms with E-state index in [0.29, 0.717) is 10.7 Å². The summed E-state index contributed by atoms with van der Waals surface area (Å²) in [4.78, 5) is 29.4. The van der Waals surface area contributed by atoms with Gasteiger partial charge in [-0.3, -0.25) is 4.79 Å². The summed E-state index contributed by atoms with van der Waals surface area (Å²) in [5.74, 6) is -0.845. The van der Waals surface area contributed by atoms with Crippen molar-refractivity contribution in [3.8, 4) is 0 Å². The van der Waals surface area contributed by atoms with Gasteiger partial charge in [0.2, 0.25) is 15.9 Å². The highest BCUT2D eigenvalue weighted by molar-refractivity contribution is 7.89. The van der Waals surface area contributed by atoms with E-state index in [1.54, 1.807) is 5.38 Å². The third-order valence-corrected chi connectivity index (χ3v) is 8.50. The SMILES string of the molecule is Cc1ccccc1NC(=O)Cc1nc(COC(=O)c2cccc(S(=O)(=O)N3C[C@H](C)O[C@@H](C)C3)c2)cs1. The summed E-state index contributed by atoms with van der Waals surface area (Å²) in [5, 5.41) is 5.19. The summed E-state index contributed by atoms with van der Waals surface area (Å²) in [5.41, 5.74) is 2.36. The Morgan fingerprint density at radius 2 is 1.86 bits per heavy atom. The highest BCUT2D eigenvalue weighted by Gasteiger charge is 2.32. The van der Waals surface area contributed by atoms with Gasteiger partial charge in [0.15, 0.2) is 0 Å². The quantitative estimate of drug-likeness (QED) is 0.430. The predicted octanol–water partition coefficient (Wildman–Crippen LogP) is 3.79. The molecule has 1 aliphatic heterocycles. The van der Waals surface area contributed by atoms with Crippen LogP contribution in [0.3, 0.4) is 0 Å². The molecule has 4 rings (SSSR count). The molecular formula is C26H29N3O6S2. The van der Waals surface area contributed by atoms with Crippen molar-refractivity contribution in [3.05, 3.63) is 75.7 Å². The van der Waals surface area contributed by atoms with E-state index in [-0.39, 0.29) is 54.7 Å². The first-order valence-electron chi connectivity index (χ1n) is 11.8. The molecule has 37 heavy (non-hydrogen) atoms. The fraction of sp³-hybridized carbons (Fsp3) is 0.346. The number of benzene rings is 2. The van der Waals surface area contributed by atoms with Crippen LogP contribution in [0.4, 0.5) is 5.69 Å². The second kappa shape index (κ2) is 11.5. The Balaban J connectivity index is 1.35. The maximum Gasteiger partial charge on any atom is 0.338 e. The van der Waals surface area contributed by atoms with Crippen LogP contribution in [0.2, 0.25) is 0 Å². The largest absolute Gasteiger partial charge is 0.456 e. The summed E-state index contributed by atoms with van der Waals surface area (Å²) in [6.45, 7) is 5.97. The highest BCUT2D eigenvalue weighted by atomic mass is 32.2. The number of carbonyl (C=O) groups is 2. The van der Waals surface area contributed by atoms with Crippen molar-refractivity contribution in [3.63, 3.8) is 0 Å². The van der Waals surface area contributed by atoms with E-state index in [1.165, 1.54) is 39.9 Å². The van der Waals surface area contributed by atoms with Crippen molar-refractivity contribution >= 4 is 38.9 Å². The van der Waals surface area contributed by atoms with E-state index in [9.17, 15) is 18.0 Å². The van der Waals surface area contributed by atoms with E-state index in [4.69, 9.17) is 9.47 Å². The average Bonchev–Trinajstić information content (AvgIpc) is 3.30. The summed E-state index contributed by atoms with van der Waals surface area (Å²) < 4.78 is 38.6. The van der Waals surface area contributed by atoms with Crippen LogP contribution in [0.25, 0.3) is 0 Å². The number of sulfonamides is 1. The van der Waals surface area contributed by atoms with Gasteiger partial charge in [0.25, 0.3) is 0 Å². The van der Waals surface area contributed by atoms with Gasteiger partial charge in [0, 0.05) is 24.2 Å². The van der Waals surface area contributed by atoms with Crippen molar-refractivity contribution in [1.29, 1.82) is 0 Å². The van der Waals surface area contributed by atoms with Crippen molar-refractivity contribution in [2.45, 2.75) is 50.9 Å². The molecule has 0 saturated carbocycles. The standard InChI is InChI=1S/C26H29N3O6S2/c1-17-7-4-5-10-23(17)28-24(30)12-25-27-21(16-36-25)15-34-26(31)20-8-6-9-22(11-20)37(32,33)29-13-18(2)35-19(3)14-29/h4-11,16,18-19H,12-15H2,1-3H3,(H,28,30)/t18-,19-/m0/s1. The van der Waals surface area contributed by atoms with Gasteiger partial charge in [-0.25, -0.2) is 18.2 Å². The number of nitrogens with one attached hydrogen (secondary N) is 1. The number of nitrogens with zero attached hydrogens (tertiary/aromatic N) is 2. The lowest BCUT2D eigenvalue weighted by Crippen LogP contribution is -2.48. The van der Waals surface area contributed by atoms with Crippen LogP contribution in [0.5, 0.6) is 0 Å². The minimum absolute atomic E-state index is 0.0267. The van der Waals surface area contributed by atoms with Gasteiger partial charge in [-0.2, -0.15) is 4.31 Å². The molecule has 9 nitrogen and oxygen atoms in total. The number of amides is 1. The van der Waals surface area contributed by atoms with Crippen molar-refractivity contribution in [2.75, 3.05) is 18.4 Å². The summed E-state index contributed by atoms with van der Waals surface area (Å²) in [6, 6.07) is 13.3. The van der Waals surface area contributed by atoms with Crippen LogP contribution in [0, 0.1) is 6.92 Å². The normalized spacial score (nSPS) is 18.4. The van der Waals surface area contributed by atoms with Crippen LogP contribution < -0.4 is 5.32 Å². The maximum atomic E-state index is 13.1. The van der Waals surface area contributed by atoms with Crippen LogP contribution in [0.15, 0.2) is 58.8 Å². The molecule has 1 aromatic heterocycles. The van der Waals surface area contributed by atoms with E-state index in [1.807, 2.05) is 45.0 Å². The van der Waals surface area contributed by atoms with Gasteiger partial charge < -0.3 is 14.8 Å². The Kier molecular flexibility index (Phi) is 8.38. The molecule has 196 valence electrons. The lowest BCUT2D eigenvalue weighted by molar-refractivity contribution is -0.115. The van der Waals surface area contributed by atoms with Gasteiger partial charge in [-0.05, 0) is 50.6 Å². The number of hydrogen-bond acceptors (Lipinski definition) is 8. The molecule has 0 unspecified atom stereocenters. The third-order valence-electron chi connectivity index (χ3n) is 5.78. The number of carbonyl (C=O) groups excluding carboxylic acids is 2. The monoisotopic (exact) mass is 543 g/mol. The maximum absolute atomic E-state index is 13.1. The second-order valence-corrected chi connectivity index (χ2v) is 11.8. The van der Waals surface area contributed by atoms with Crippen LogP contribution >= 0.6 is 11.3 Å². The lowest BCUT2D eigenvalue weighted by atomic mass is 10.2. The fourth-order valence-corrected chi connectivity index (χ4v) is 6.44. The zero-order chi connectivity index (χ0) is 26.6. The van der Waals surface area contributed by atoms with Crippen LogP contribution in [-0.2, 0) is 37.3 Å². The zero-order valence-electron chi connectivity index (χ0n) is 20.8. The van der Waals surface area contributed by atoms with Crippen LogP contribution in [0.1, 0.15) is 40.5 Å². The molecular weight excluding hydrogens is 514 g/mol. The molecule has 0 radical (unpaired) electrons. The van der Waals surface area contributed by atoms with E-state index in [0.717, 1.165) is 11.3 Å². The Labute approximate surface area is 220 Å². The number of anilines is 1. The molecule has 0 bridgehead atoms. The van der Waals surface area contributed by atoms with Gasteiger partial charge in [-0.1, -0.05) is 24.3 Å². The molecule has 2 atom stereocenters. The smallest absolute Gasteiger partial charge is 0.338 e. The fourth-order valence-electron chi connectivity index (χ4n) is 4.02. The van der Waals surface area contributed by atoms with Gasteiger partial charge in [-0.15, -0.1) is 11.3 Å². The molecule has 3 aromatic rings. The van der Waals surface area contributed by atoms with Gasteiger partial charge in [0.1, 0.15) is 11.6 Å². The van der Waals surface area contributed by atoms with Gasteiger partial charge >= 0.3 is 5.97 Å². The first-order chi connectivity index (χ1) is 17.6. The number of hydrogen-bond donors (Lipinski definition) is 1. The van der Waals surface area contributed by atoms with Crippen molar-refractivity contribution in [1.82, 2.24) is 9.29 Å². The number of morpholine rings is 1. The van der Waals surface area contributed by atoms with E-state index < -0.39 is 16.0 Å². The molecule has 2 heterocycles. The van der Waals surface area contributed by atoms with E-state index >= 15 is 0 Å². The number of rotatable bonds is 8. The topological polar surface area (TPSA) is 115 Å². The number of aromatic nitrogens is 1. The average molecular weight is 544 g/mol. The summed E-state index contributed by atoms with van der Waals surface area (Å²) in [7, 11) is -3.79. The van der Waals surface area contributed by atoms with E-state index in [2.05, 4.69) is 10.3 Å². The molecule has 0 aliphatic carbocycles. The summed E-state index contributed by atoms with van der Waals surface area (Å²) >= 11 is 1.30. The van der Waals surface area contributed by atoms with Crippen molar-refractivity contribution in [2.24, 2.45) is 0 Å². The molecule has 1 amide bonds. The third kappa shape index (κ3) is 6.80. The number of esters is 1. The highest BCUT2D eigenvalue weighted by Crippen LogP contribution is 2.23. The Morgan fingerprint density at radius 1 is 1.14 bits per heavy atom. The minimum Gasteiger partial charge on any atom is -0.456 e. The molecule has 0 spiro atoms. The molecule has 1 saturated heterocycles. The van der Waals surface area contributed by atoms with Crippen molar-refractivity contribution < 1.29 is 27.5 Å². The Hall–Kier alpha value is -3.12.